The number of nitrogens with zero attached hydrogens (tertiary/aromatic N) is 2. The number of carbonyl (C=O) groups is 2. The summed E-state index contributed by atoms with van der Waals surface area (Å²) >= 11 is 0. The average molecular weight is 466 g/mol. The molecule has 2 aromatic carbocycles. The van der Waals surface area contributed by atoms with Crippen molar-refractivity contribution in [1.82, 2.24) is 9.88 Å². The number of nitrogens with two attached hydrogens (primary N) is 1. The van der Waals surface area contributed by atoms with Crippen LogP contribution in [0.25, 0.3) is 10.9 Å². The van der Waals surface area contributed by atoms with E-state index in [9.17, 15) is 19.2 Å². The van der Waals surface area contributed by atoms with Crippen LogP contribution < -0.4 is 15.8 Å². The molecular weight excluding hydrogens is 437 g/mol. The molecule has 2 heterocycles. The Morgan fingerprint density at radius 2 is 2.03 bits per heavy atom. The van der Waals surface area contributed by atoms with E-state index in [0.717, 1.165) is 16.5 Å². The number of likely N-dealkylation sites (tertiary alicyclic amines) is 1. The molecule has 1 aromatic heterocycles. The number of nitriles is 1. The Kier molecular flexibility index (Phi) is 8.22. The van der Waals surface area contributed by atoms with Crippen molar-refractivity contribution in [2.24, 2.45) is 5.73 Å². The SMILES string of the molecule is CC.N#CC1CC(F)CN1C(=O)[C@@H](N)Cc1c[nH]c2ccc(OC(=O)Nc3ccccc3)cc12. The monoisotopic (exact) mass is 465 g/mol. The number of aromatic nitrogens is 1. The number of fused-ring (bicyclic) bond motifs is 1. The van der Waals surface area contributed by atoms with Crippen molar-refractivity contribution in [3.05, 3.63) is 60.3 Å². The highest BCUT2D eigenvalue weighted by Crippen LogP contribution is 2.26. The van der Waals surface area contributed by atoms with Crippen LogP contribution in [0.5, 0.6) is 5.75 Å². The number of carbonyl (C=O) groups excluding carboxylic acids is 2. The lowest BCUT2D eigenvalue weighted by Crippen LogP contribution is -2.46. The van der Waals surface area contributed by atoms with Gasteiger partial charge in [0.25, 0.3) is 0 Å². The number of H-pyrrole nitrogens is 1. The van der Waals surface area contributed by atoms with Gasteiger partial charge in [-0.05, 0) is 42.3 Å². The van der Waals surface area contributed by atoms with Crippen LogP contribution in [-0.4, -0.2) is 46.7 Å². The van der Waals surface area contributed by atoms with Gasteiger partial charge in [-0.3, -0.25) is 10.1 Å². The molecule has 2 amide bonds. The van der Waals surface area contributed by atoms with Gasteiger partial charge in [0.15, 0.2) is 0 Å². The Balaban J connectivity index is 0.00000158. The third-order valence-electron chi connectivity index (χ3n) is 5.41. The summed E-state index contributed by atoms with van der Waals surface area (Å²) in [5, 5.41) is 12.6. The van der Waals surface area contributed by atoms with Crippen molar-refractivity contribution in [2.75, 3.05) is 11.9 Å². The molecule has 2 unspecified atom stereocenters. The first kappa shape index (κ1) is 24.7. The van der Waals surface area contributed by atoms with E-state index in [1.54, 1.807) is 48.7 Å². The molecule has 0 bridgehead atoms. The molecule has 9 heteroatoms. The second-order valence-corrected chi connectivity index (χ2v) is 7.68. The average Bonchev–Trinajstić information content (AvgIpc) is 3.43. The van der Waals surface area contributed by atoms with Crippen LogP contribution in [0, 0.1) is 11.3 Å². The number of hydrogen-bond donors (Lipinski definition) is 3. The summed E-state index contributed by atoms with van der Waals surface area (Å²) in [5.74, 6) is -0.128. The Bertz CT molecular complexity index is 1170. The molecule has 0 saturated carbocycles. The van der Waals surface area contributed by atoms with Crippen LogP contribution in [0.1, 0.15) is 25.8 Å². The van der Waals surface area contributed by atoms with E-state index in [0.29, 0.717) is 11.4 Å². The Morgan fingerprint density at radius 1 is 1.29 bits per heavy atom. The van der Waals surface area contributed by atoms with Gasteiger partial charge in [-0.25, -0.2) is 9.18 Å². The fraction of sp³-hybridized carbons (Fsp3) is 0.320. The van der Waals surface area contributed by atoms with E-state index in [1.165, 1.54) is 4.90 Å². The summed E-state index contributed by atoms with van der Waals surface area (Å²) in [6, 6.07) is 14.3. The summed E-state index contributed by atoms with van der Waals surface area (Å²) < 4.78 is 19.0. The van der Waals surface area contributed by atoms with Crippen LogP contribution in [0.2, 0.25) is 0 Å². The van der Waals surface area contributed by atoms with Crippen molar-refractivity contribution < 1.29 is 18.7 Å². The molecule has 3 aromatic rings. The summed E-state index contributed by atoms with van der Waals surface area (Å²) in [4.78, 5) is 29.2. The molecule has 3 atom stereocenters. The largest absolute Gasteiger partial charge is 0.417 e. The lowest BCUT2D eigenvalue weighted by atomic mass is 10.0. The Labute approximate surface area is 197 Å². The Hall–Kier alpha value is -3.90. The number of halogens is 1. The van der Waals surface area contributed by atoms with Crippen LogP contribution in [0.3, 0.4) is 0 Å². The highest BCUT2D eigenvalue weighted by Gasteiger charge is 2.37. The first-order valence-corrected chi connectivity index (χ1v) is 11.2. The number of amides is 2. The van der Waals surface area contributed by atoms with Gasteiger partial charge in [0.05, 0.1) is 18.7 Å². The highest BCUT2D eigenvalue weighted by atomic mass is 19.1. The zero-order valence-corrected chi connectivity index (χ0v) is 19.1. The zero-order chi connectivity index (χ0) is 24.7. The van der Waals surface area contributed by atoms with E-state index < -0.39 is 30.3 Å². The molecule has 1 fully saturated rings. The normalized spacial score (nSPS) is 17.9. The summed E-state index contributed by atoms with van der Waals surface area (Å²) in [7, 11) is 0. The third-order valence-corrected chi connectivity index (χ3v) is 5.41. The third kappa shape index (κ3) is 5.71. The van der Waals surface area contributed by atoms with E-state index in [4.69, 9.17) is 10.5 Å². The van der Waals surface area contributed by atoms with Gasteiger partial charge < -0.3 is 20.4 Å². The van der Waals surface area contributed by atoms with Crippen molar-refractivity contribution in [3.8, 4) is 11.8 Å². The Morgan fingerprint density at radius 3 is 2.74 bits per heavy atom. The minimum atomic E-state index is -1.22. The lowest BCUT2D eigenvalue weighted by Gasteiger charge is -2.23. The number of para-hydroxylation sites is 1. The van der Waals surface area contributed by atoms with Gasteiger partial charge in [0, 0.05) is 29.2 Å². The van der Waals surface area contributed by atoms with E-state index in [1.807, 2.05) is 26.0 Å². The molecule has 0 radical (unpaired) electrons. The number of hydrogen-bond acceptors (Lipinski definition) is 5. The van der Waals surface area contributed by atoms with Crippen molar-refractivity contribution in [3.63, 3.8) is 0 Å². The van der Waals surface area contributed by atoms with Crippen molar-refractivity contribution >= 4 is 28.6 Å². The van der Waals surface area contributed by atoms with Gasteiger partial charge >= 0.3 is 6.09 Å². The van der Waals surface area contributed by atoms with Gasteiger partial charge in [-0.2, -0.15) is 5.26 Å². The molecule has 4 N–H and O–H groups in total. The number of ether oxygens (including phenoxy) is 1. The van der Waals surface area contributed by atoms with E-state index in [-0.39, 0.29) is 19.4 Å². The molecule has 34 heavy (non-hydrogen) atoms. The standard InChI is InChI=1S/C23H22FN5O3.C2H6/c24-15-9-17(11-25)29(13-15)22(30)20(26)8-14-12-27-21-7-6-18(10-19(14)21)32-23(31)28-16-4-2-1-3-5-16;1-2/h1-7,10,12,15,17,20,27H,8-9,13,26H2,(H,28,31);1-2H3/t15?,17?,20-;/m0./s1. The van der Waals surface area contributed by atoms with Crippen LogP contribution in [0.15, 0.2) is 54.7 Å². The second-order valence-electron chi connectivity index (χ2n) is 7.68. The first-order valence-electron chi connectivity index (χ1n) is 11.2. The smallest absolute Gasteiger partial charge is 0.410 e. The minimum absolute atomic E-state index is 0.00773. The number of benzene rings is 2. The molecule has 1 aliphatic heterocycles. The zero-order valence-electron chi connectivity index (χ0n) is 19.1. The van der Waals surface area contributed by atoms with Gasteiger partial charge in [0.2, 0.25) is 5.91 Å². The highest BCUT2D eigenvalue weighted by molar-refractivity contribution is 5.89. The quantitative estimate of drug-likeness (QED) is 0.522. The number of aromatic amines is 1. The molecular formula is C25H28FN5O3. The van der Waals surface area contributed by atoms with E-state index in [2.05, 4.69) is 10.3 Å². The minimum Gasteiger partial charge on any atom is -0.410 e. The maximum absolute atomic E-state index is 13.7. The predicted molar refractivity (Wildman–Crippen MR) is 128 cm³/mol. The molecule has 1 aliphatic rings. The number of anilines is 1. The van der Waals surface area contributed by atoms with Crippen LogP contribution in [0.4, 0.5) is 14.9 Å². The first-order chi connectivity index (χ1) is 16.4. The maximum atomic E-state index is 13.7. The second kappa shape index (κ2) is 11.3. The number of alkyl halides is 1. The molecule has 0 aliphatic carbocycles. The van der Waals surface area contributed by atoms with Gasteiger partial charge in [-0.1, -0.05) is 32.0 Å². The summed E-state index contributed by atoms with van der Waals surface area (Å²) in [6.07, 6.45) is 0.0789. The lowest BCUT2D eigenvalue weighted by molar-refractivity contribution is -0.132. The molecule has 8 nitrogen and oxygen atoms in total. The predicted octanol–water partition coefficient (Wildman–Crippen LogP) is 4.14. The topological polar surface area (TPSA) is 124 Å². The number of nitrogens with one attached hydrogen (secondary N) is 2. The fourth-order valence-electron chi connectivity index (χ4n) is 3.85. The van der Waals surface area contributed by atoms with Crippen LogP contribution >= 0.6 is 0 Å². The summed E-state index contributed by atoms with van der Waals surface area (Å²) in [5.41, 5.74) is 8.26. The maximum Gasteiger partial charge on any atom is 0.417 e. The number of rotatable bonds is 5. The van der Waals surface area contributed by atoms with Crippen molar-refractivity contribution in [2.45, 2.75) is 44.9 Å². The van der Waals surface area contributed by atoms with Gasteiger partial charge in [0.1, 0.15) is 18.0 Å². The van der Waals surface area contributed by atoms with E-state index >= 15 is 0 Å². The summed E-state index contributed by atoms with van der Waals surface area (Å²) in [6.45, 7) is 3.88. The fourth-order valence-corrected chi connectivity index (χ4v) is 3.85. The molecule has 0 spiro atoms. The molecule has 4 rings (SSSR count). The van der Waals surface area contributed by atoms with Crippen LogP contribution in [-0.2, 0) is 11.2 Å². The van der Waals surface area contributed by atoms with Gasteiger partial charge in [-0.15, -0.1) is 0 Å². The molecule has 178 valence electrons. The van der Waals surface area contributed by atoms with Crippen molar-refractivity contribution in [1.29, 1.82) is 5.26 Å². The molecule has 1 saturated heterocycles.